The van der Waals surface area contributed by atoms with Crippen LogP contribution in [0.5, 0.6) is 0 Å². The molecule has 28 heavy (non-hydrogen) atoms. The van der Waals surface area contributed by atoms with E-state index in [2.05, 4.69) is 30.3 Å². The summed E-state index contributed by atoms with van der Waals surface area (Å²) in [4.78, 5) is 28.2. The van der Waals surface area contributed by atoms with E-state index in [1.807, 2.05) is 30.3 Å². The number of benzene rings is 1. The van der Waals surface area contributed by atoms with Crippen LogP contribution in [0.4, 0.5) is 0 Å². The van der Waals surface area contributed by atoms with Gasteiger partial charge in [0.2, 0.25) is 11.7 Å². The van der Waals surface area contributed by atoms with Crippen LogP contribution in [0.3, 0.4) is 0 Å². The number of amides is 1. The van der Waals surface area contributed by atoms with Gasteiger partial charge in [-0.2, -0.15) is 14.9 Å². The summed E-state index contributed by atoms with van der Waals surface area (Å²) in [6, 6.07) is 9.43. The third-order valence-electron chi connectivity index (χ3n) is 4.45. The predicted molar refractivity (Wildman–Crippen MR) is 95.3 cm³/mol. The number of carbonyl (C=O) groups is 1. The summed E-state index contributed by atoms with van der Waals surface area (Å²) < 4.78 is 5.32. The van der Waals surface area contributed by atoms with E-state index in [4.69, 9.17) is 4.52 Å². The number of hydrogen-bond acceptors (Lipinski definition) is 8. The minimum Gasteiger partial charge on any atom is -0.338 e. The number of likely N-dealkylation sites (tertiary alicyclic amines) is 1. The molecule has 1 amide bonds. The van der Waals surface area contributed by atoms with Gasteiger partial charge in [-0.05, 0) is 12.1 Å². The number of rotatable bonds is 4. The normalized spacial score (nSPS) is 14.1. The molecule has 1 fully saturated rings. The van der Waals surface area contributed by atoms with Crippen LogP contribution in [0.2, 0.25) is 0 Å². The van der Waals surface area contributed by atoms with E-state index in [9.17, 15) is 4.79 Å². The number of carbonyl (C=O) groups excluding carboxylic acids is 1. The fourth-order valence-electron chi connectivity index (χ4n) is 2.93. The van der Waals surface area contributed by atoms with Crippen molar-refractivity contribution in [2.45, 2.75) is 5.92 Å². The van der Waals surface area contributed by atoms with Gasteiger partial charge in [-0.1, -0.05) is 23.4 Å². The highest BCUT2D eigenvalue weighted by molar-refractivity contribution is 5.92. The lowest BCUT2D eigenvalue weighted by atomic mass is 10.00. The van der Waals surface area contributed by atoms with E-state index in [-0.39, 0.29) is 11.8 Å². The molecule has 0 bridgehead atoms. The molecule has 10 heteroatoms. The van der Waals surface area contributed by atoms with Crippen molar-refractivity contribution < 1.29 is 9.32 Å². The fraction of sp³-hybridized carbons (Fsp3) is 0.167. The lowest BCUT2D eigenvalue weighted by molar-refractivity contribution is 0.0562. The quantitative estimate of drug-likeness (QED) is 0.525. The van der Waals surface area contributed by atoms with Crippen LogP contribution in [0.25, 0.3) is 17.2 Å². The summed E-state index contributed by atoms with van der Waals surface area (Å²) >= 11 is 0. The van der Waals surface area contributed by atoms with Crippen molar-refractivity contribution in [2.75, 3.05) is 13.1 Å². The summed E-state index contributed by atoms with van der Waals surface area (Å²) in [5.41, 5.74) is 1.64. The summed E-state index contributed by atoms with van der Waals surface area (Å²) in [5.74, 6) is 0.689. The lowest BCUT2D eigenvalue weighted by Crippen LogP contribution is -2.48. The third-order valence-corrected chi connectivity index (χ3v) is 4.45. The summed E-state index contributed by atoms with van der Waals surface area (Å²) in [6.45, 7) is 0.970. The van der Waals surface area contributed by atoms with Gasteiger partial charge in [-0.25, -0.2) is 4.98 Å². The van der Waals surface area contributed by atoms with Gasteiger partial charge in [0, 0.05) is 25.5 Å². The minimum absolute atomic E-state index is 0.00830. The van der Waals surface area contributed by atoms with Gasteiger partial charge in [-0.15, -0.1) is 5.10 Å². The lowest BCUT2D eigenvalue weighted by Gasteiger charge is -2.36. The molecule has 1 aliphatic heterocycles. The van der Waals surface area contributed by atoms with Gasteiger partial charge in [0.05, 0.1) is 24.0 Å². The molecular weight excluding hydrogens is 360 g/mol. The second-order valence-electron chi connectivity index (χ2n) is 6.31. The van der Waals surface area contributed by atoms with Crippen LogP contribution >= 0.6 is 0 Å². The van der Waals surface area contributed by atoms with Crippen LogP contribution in [-0.2, 0) is 0 Å². The minimum atomic E-state index is -0.174. The zero-order valence-corrected chi connectivity index (χ0v) is 14.6. The van der Waals surface area contributed by atoms with Crippen molar-refractivity contribution in [3.05, 3.63) is 66.7 Å². The van der Waals surface area contributed by atoms with Crippen molar-refractivity contribution in [1.29, 1.82) is 0 Å². The second kappa shape index (κ2) is 6.65. The highest BCUT2D eigenvalue weighted by Crippen LogP contribution is 2.28. The average Bonchev–Trinajstić information content (AvgIpc) is 3.38. The Labute approximate surface area is 158 Å². The molecule has 0 N–H and O–H groups in total. The Bertz CT molecular complexity index is 1100. The standard InChI is InChI=1S/C18H14N8O2/c27-18(15-9-21-26(23-15)13-4-2-1-3-5-13)25-10-12(11-25)17-22-16(24-28-17)14-8-19-6-7-20-14/h1-9,12H,10-11H2. The molecule has 3 aromatic heterocycles. The first-order valence-corrected chi connectivity index (χ1v) is 8.65. The SMILES string of the molecule is O=C(c1cnn(-c2ccccc2)n1)N1CC(c2nc(-c3cnccn3)no2)C1. The van der Waals surface area contributed by atoms with Crippen molar-refractivity contribution in [1.82, 2.24) is 40.0 Å². The smallest absolute Gasteiger partial charge is 0.276 e. The molecule has 0 saturated carbocycles. The van der Waals surface area contributed by atoms with Gasteiger partial charge in [0.15, 0.2) is 5.69 Å². The topological polar surface area (TPSA) is 116 Å². The molecule has 1 saturated heterocycles. The molecule has 138 valence electrons. The van der Waals surface area contributed by atoms with Gasteiger partial charge in [0.25, 0.3) is 5.91 Å². The molecule has 1 aliphatic rings. The van der Waals surface area contributed by atoms with Crippen LogP contribution in [0, 0.1) is 0 Å². The molecule has 0 spiro atoms. The van der Waals surface area contributed by atoms with Gasteiger partial charge in [-0.3, -0.25) is 9.78 Å². The Hall–Kier alpha value is -3.95. The van der Waals surface area contributed by atoms with E-state index >= 15 is 0 Å². The zero-order chi connectivity index (χ0) is 18.9. The number of nitrogens with zero attached hydrogens (tertiary/aromatic N) is 8. The van der Waals surface area contributed by atoms with E-state index in [1.165, 1.54) is 11.0 Å². The average molecular weight is 374 g/mol. The molecule has 0 atom stereocenters. The largest absolute Gasteiger partial charge is 0.338 e. The van der Waals surface area contributed by atoms with E-state index in [0.29, 0.717) is 36.2 Å². The summed E-state index contributed by atoms with van der Waals surface area (Å²) in [6.07, 6.45) is 6.19. The summed E-state index contributed by atoms with van der Waals surface area (Å²) in [5, 5.41) is 12.4. The maximum atomic E-state index is 12.6. The zero-order valence-electron chi connectivity index (χ0n) is 14.6. The monoisotopic (exact) mass is 374 g/mol. The number of hydrogen-bond donors (Lipinski definition) is 0. The van der Waals surface area contributed by atoms with Crippen LogP contribution in [0.15, 0.2) is 59.6 Å². The van der Waals surface area contributed by atoms with Crippen molar-refractivity contribution in [3.63, 3.8) is 0 Å². The maximum Gasteiger partial charge on any atom is 0.276 e. The van der Waals surface area contributed by atoms with Crippen molar-refractivity contribution >= 4 is 5.91 Å². The fourth-order valence-corrected chi connectivity index (χ4v) is 2.93. The Morgan fingerprint density at radius 2 is 1.96 bits per heavy atom. The molecule has 4 heterocycles. The predicted octanol–water partition coefficient (Wildman–Crippen LogP) is 1.35. The van der Waals surface area contributed by atoms with Gasteiger partial charge < -0.3 is 9.42 Å². The first kappa shape index (κ1) is 16.2. The van der Waals surface area contributed by atoms with Crippen LogP contribution < -0.4 is 0 Å². The molecule has 0 radical (unpaired) electrons. The number of para-hydroxylation sites is 1. The Morgan fingerprint density at radius 3 is 2.75 bits per heavy atom. The molecule has 4 aromatic rings. The maximum absolute atomic E-state index is 12.6. The second-order valence-corrected chi connectivity index (χ2v) is 6.31. The molecular formula is C18H14N8O2. The molecule has 5 rings (SSSR count). The highest BCUT2D eigenvalue weighted by atomic mass is 16.5. The highest BCUT2D eigenvalue weighted by Gasteiger charge is 2.37. The summed E-state index contributed by atoms with van der Waals surface area (Å²) in [7, 11) is 0. The first-order chi connectivity index (χ1) is 13.8. The van der Waals surface area contributed by atoms with Crippen molar-refractivity contribution in [2.24, 2.45) is 0 Å². The number of aromatic nitrogens is 7. The molecule has 10 nitrogen and oxygen atoms in total. The first-order valence-electron chi connectivity index (χ1n) is 8.65. The Balaban J connectivity index is 1.24. The molecule has 0 aliphatic carbocycles. The Morgan fingerprint density at radius 1 is 1.11 bits per heavy atom. The third kappa shape index (κ3) is 2.90. The van der Waals surface area contributed by atoms with Gasteiger partial charge in [0.1, 0.15) is 5.69 Å². The van der Waals surface area contributed by atoms with Crippen LogP contribution in [0.1, 0.15) is 22.3 Å². The Kier molecular flexibility index (Phi) is 3.86. The van der Waals surface area contributed by atoms with E-state index in [0.717, 1.165) is 5.69 Å². The van der Waals surface area contributed by atoms with Crippen molar-refractivity contribution in [3.8, 4) is 17.2 Å². The van der Waals surface area contributed by atoms with E-state index < -0.39 is 0 Å². The molecule has 1 aromatic carbocycles. The van der Waals surface area contributed by atoms with E-state index in [1.54, 1.807) is 23.5 Å². The molecule has 0 unspecified atom stereocenters. The van der Waals surface area contributed by atoms with Gasteiger partial charge >= 0.3 is 0 Å². The van der Waals surface area contributed by atoms with Crippen LogP contribution in [-0.4, -0.2) is 59.0 Å².